The highest BCUT2D eigenvalue weighted by Gasteiger charge is 2.36. The average Bonchev–Trinajstić information content (AvgIpc) is 3.44. The Hall–Kier alpha value is -4.33. The van der Waals surface area contributed by atoms with Crippen molar-refractivity contribution in [2.75, 3.05) is 30.9 Å². The molecule has 4 aliphatic rings. The molecule has 8 bridgehead atoms. The fraction of sp³-hybridized carbons (Fsp3) is 0.296. The van der Waals surface area contributed by atoms with Crippen molar-refractivity contribution in [3.05, 3.63) is 71.8 Å². The minimum absolute atomic E-state index is 0.00742. The molecule has 1 unspecified atom stereocenters. The molecule has 12 nitrogen and oxygen atoms in total. The molecular formula is C27H28F3N8O4P. The number of hydrogen-bond acceptors (Lipinski definition) is 10. The molecule has 226 valence electrons. The lowest BCUT2D eigenvalue weighted by molar-refractivity contribution is -0.137. The predicted molar refractivity (Wildman–Crippen MR) is 152 cm³/mol. The van der Waals surface area contributed by atoms with Crippen molar-refractivity contribution >= 4 is 36.6 Å². The number of pyridine rings is 1. The number of aryl methyl sites for hydroxylation is 1. The third kappa shape index (κ3) is 7.19. The summed E-state index contributed by atoms with van der Waals surface area (Å²) in [6, 6.07) is 9.68. The van der Waals surface area contributed by atoms with E-state index in [1.165, 1.54) is 13.1 Å². The molecule has 0 spiro atoms. The van der Waals surface area contributed by atoms with Crippen LogP contribution in [0.4, 0.5) is 36.3 Å². The van der Waals surface area contributed by atoms with E-state index in [4.69, 9.17) is 9.05 Å². The molecule has 8 rings (SSSR count). The number of hydrogen-bond donors (Lipinski definition) is 3. The van der Waals surface area contributed by atoms with Gasteiger partial charge in [-0.2, -0.15) is 23.3 Å². The van der Waals surface area contributed by atoms with Gasteiger partial charge in [-0.05, 0) is 43.2 Å². The minimum Gasteiger partial charge on any atom is -0.354 e. The van der Waals surface area contributed by atoms with Crippen molar-refractivity contribution in [3.8, 4) is 11.3 Å². The van der Waals surface area contributed by atoms with Crippen LogP contribution >= 0.6 is 7.60 Å². The van der Waals surface area contributed by atoms with Gasteiger partial charge in [-0.3, -0.25) is 14.0 Å². The van der Waals surface area contributed by atoms with Crippen LogP contribution in [-0.2, 0) is 32.5 Å². The van der Waals surface area contributed by atoms with E-state index in [0.717, 1.165) is 0 Å². The molecule has 0 fully saturated rings. The van der Waals surface area contributed by atoms with Crippen LogP contribution in [0.2, 0.25) is 0 Å². The number of nitrogens with zero attached hydrogens (tertiary/aromatic N) is 5. The fourth-order valence-corrected chi connectivity index (χ4v) is 6.02. The van der Waals surface area contributed by atoms with Crippen LogP contribution < -0.4 is 16.0 Å². The zero-order chi connectivity index (χ0) is 30.6. The second-order valence-electron chi connectivity index (χ2n) is 9.44. The zero-order valence-corrected chi connectivity index (χ0v) is 24.1. The molecule has 43 heavy (non-hydrogen) atoms. The quantitative estimate of drug-likeness (QED) is 0.243. The summed E-state index contributed by atoms with van der Waals surface area (Å²) in [4.78, 5) is 25.1. The summed E-state index contributed by atoms with van der Waals surface area (Å²) in [5, 5.41) is 12.3. The summed E-state index contributed by atoms with van der Waals surface area (Å²) in [7, 11) is -2.08. The lowest BCUT2D eigenvalue weighted by atomic mass is 10.1. The van der Waals surface area contributed by atoms with E-state index in [1.807, 2.05) is 0 Å². The van der Waals surface area contributed by atoms with E-state index in [-0.39, 0.29) is 36.7 Å². The highest BCUT2D eigenvalue weighted by Crippen LogP contribution is 2.51. The number of carbonyl (C=O) groups is 1. The lowest BCUT2D eigenvalue weighted by Gasteiger charge is -2.18. The van der Waals surface area contributed by atoms with Gasteiger partial charge in [0.25, 0.3) is 5.91 Å². The van der Waals surface area contributed by atoms with E-state index in [2.05, 4.69) is 36.0 Å². The van der Waals surface area contributed by atoms with Crippen LogP contribution in [0.25, 0.3) is 11.3 Å². The monoisotopic (exact) mass is 616 g/mol. The summed E-state index contributed by atoms with van der Waals surface area (Å²) in [5.74, 6) is -1.33. The van der Waals surface area contributed by atoms with Crippen molar-refractivity contribution in [1.29, 1.82) is 0 Å². The van der Waals surface area contributed by atoms with E-state index in [9.17, 15) is 22.5 Å². The summed E-state index contributed by atoms with van der Waals surface area (Å²) in [6.45, 7) is 2.53. The molecule has 1 aromatic carbocycles. The van der Waals surface area contributed by atoms with Gasteiger partial charge in [0.15, 0.2) is 5.69 Å². The van der Waals surface area contributed by atoms with Crippen molar-refractivity contribution in [2.45, 2.75) is 32.2 Å². The molecule has 3 aromatic heterocycles. The Morgan fingerprint density at radius 1 is 1.14 bits per heavy atom. The molecule has 4 aliphatic heterocycles. The first-order valence-corrected chi connectivity index (χ1v) is 15.0. The van der Waals surface area contributed by atoms with E-state index in [1.54, 1.807) is 54.3 Å². The predicted octanol–water partition coefficient (Wildman–Crippen LogP) is 5.75. The molecular weight excluding hydrogens is 588 g/mol. The molecule has 1 amide bonds. The normalized spacial score (nSPS) is 17.3. The fourth-order valence-electron chi connectivity index (χ4n) is 4.30. The van der Waals surface area contributed by atoms with Gasteiger partial charge >= 0.3 is 13.8 Å². The first-order chi connectivity index (χ1) is 20.6. The standard InChI is InChI=1S/C27H28F3N8O4P/c1-3-41-43(40)16-17-5-7-19(8-6-17)34-26-32-14-20(27(28,29)30)24(37-26)36-22-10-9-21(35-23(22)25(39)31-2)18-13-33-38(15-18)11-4-12-42-43/h5-10,13-15H,3-4,11-12,16H2,1-2H3,(H,31,39)(H2,32,34,36,37). The molecule has 3 N–H and O–H groups in total. The Kier molecular flexibility index (Phi) is 8.76. The van der Waals surface area contributed by atoms with Crippen molar-refractivity contribution in [2.24, 2.45) is 0 Å². The first-order valence-electron chi connectivity index (χ1n) is 13.3. The number of anilines is 4. The molecule has 0 aliphatic carbocycles. The van der Waals surface area contributed by atoms with Crippen molar-refractivity contribution in [1.82, 2.24) is 30.0 Å². The van der Waals surface area contributed by atoms with Crippen molar-refractivity contribution in [3.63, 3.8) is 0 Å². The molecule has 0 saturated heterocycles. The maximum Gasteiger partial charge on any atom is 0.421 e. The number of rotatable bonds is 3. The largest absolute Gasteiger partial charge is 0.421 e. The topological polar surface area (TPSA) is 145 Å². The average molecular weight is 617 g/mol. The van der Waals surface area contributed by atoms with Gasteiger partial charge < -0.3 is 25.0 Å². The van der Waals surface area contributed by atoms with Gasteiger partial charge in [0.1, 0.15) is 11.4 Å². The minimum atomic E-state index is -4.79. The van der Waals surface area contributed by atoms with E-state index >= 15 is 0 Å². The van der Waals surface area contributed by atoms with Gasteiger partial charge in [-0.25, -0.2) is 9.97 Å². The maximum absolute atomic E-state index is 13.9. The Morgan fingerprint density at radius 3 is 2.65 bits per heavy atom. The summed E-state index contributed by atoms with van der Waals surface area (Å²) in [6.07, 6.45) is -0.358. The molecule has 4 aromatic rings. The Balaban J connectivity index is 1.58. The molecule has 7 heterocycles. The number of nitrogens with one attached hydrogen (secondary N) is 3. The van der Waals surface area contributed by atoms with Crippen LogP contribution in [0.3, 0.4) is 0 Å². The van der Waals surface area contributed by atoms with Crippen molar-refractivity contribution < 1.29 is 31.6 Å². The molecule has 0 radical (unpaired) electrons. The highest BCUT2D eigenvalue weighted by atomic mass is 31.2. The Morgan fingerprint density at radius 2 is 1.93 bits per heavy atom. The Labute approximate surface area is 244 Å². The van der Waals surface area contributed by atoms with Gasteiger partial charge in [0, 0.05) is 37.2 Å². The maximum atomic E-state index is 13.9. The number of alkyl halides is 3. The summed E-state index contributed by atoms with van der Waals surface area (Å²) >= 11 is 0. The second kappa shape index (κ2) is 12.5. The third-order valence-corrected chi connectivity index (χ3v) is 8.33. The van der Waals surface area contributed by atoms with Gasteiger partial charge in [-0.15, -0.1) is 0 Å². The van der Waals surface area contributed by atoms with Gasteiger partial charge in [0.2, 0.25) is 5.95 Å². The Bertz CT molecular complexity index is 1660. The van der Waals surface area contributed by atoms with E-state index < -0.39 is 31.1 Å². The summed E-state index contributed by atoms with van der Waals surface area (Å²) in [5.41, 5.74) is 0.821. The SMILES string of the molecule is CCOP1(=O)Cc2ccc(cc2)Nc2ncc(C(F)(F)F)c(n2)Nc2ccc(nc2C(=O)NC)-c2cnn(c2)CCCO1. The van der Waals surface area contributed by atoms with Crippen LogP contribution in [0.15, 0.2) is 55.0 Å². The van der Waals surface area contributed by atoms with Crippen LogP contribution in [0, 0.1) is 0 Å². The lowest BCUT2D eigenvalue weighted by Crippen LogP contribution is -2.21. The van der Waals surface area contributed by atoms with Crippen LogP contribution in [0.5, 0.6) is 0 Å². The number of carbonyl (C=O) groups excluding carboxylic acids is 1. The number of halogens is 3. The molecule has 16 heteroatoms. The molecule has 1 atom stereocenters. The molecule has 0 saturated carbocycles. The van der Waals surface area contributed by atoms with Gasteiger partial charge in [-0.1, -0.05) is 12.1 Å². The van der Waals surface area contributed by atoms with E-state index in [0.29, 0.717) is 41.7 Å². The highest BCUT2D eigenvalue weighted by molar-refractivity contribution is 7.53. The summed E-state index contributed by atoms with van der Waals surface area (Å²) < 4.78 is 68.1. The number of aromatic nitrogens is 5. The first kappa shape index (κ1) is 30.1. The van der Waals surface area contributed by atoms with Crippen LogP contribution in [-0.4, -0.2) is 50.9 Å². The number of benzene rings is 1. The second-order valence-corrected chi connectivity index (χ2v) is 11.5. The van der Waals surface area contributed by atoms with Crippen LogP contribution in [0.1, 0.15) is 35.0 Å². The zero-order valence-electron chi connectivity index (χ0n) is 23.2. The van der Waals surface area contributed by atoms with Gasteiger partial charge in [0.05, 0.1) is 37.0 Å². The third-order valence-electron chi connectivity index (χ3n) is 6.35. The smallest absolute Gasteiger partial charge is 0.354 e. The number of amides is 1.